The summed E-state index contributed by atoms with van der Waals surface area (Å²) in [6.07, 6.45) is 22.7. The normalized spacial score (nSPS) is 33.3. The lowest BCUT2D eigenvalue weighted by atomic mass is 9.53. The minimum atomic E-state index is -0.927. The van der Waals surface area contributed by atoms with Crippen molar-refractivity contribution in [3.05, 3.63) is 78.5 Å². The van der Waals surface area contributed by atoms with E-state index in [1.54, 1.807) is 18.6 Å². The smallest absolute Gasteiger partial charge is 0.330 e. The molecule has 8 aliphatic rings. The molecule has 336 valence electrons. The first-order valence-corrected chi connectivity index (χ1v) is 22.8. The van der Waals surface area contributed by atoms with Gasteiger partial charge in [0.05, 0.1) is 36.9 Å². The highest BCUT2D eigenvalue weighted by Gasteiger charge is 2.60. The van der Waals surface area contributed by atoms with E-state index in [9.17, 15) is 39.4 Å². The summed E-state index contributed by atoms with van der Waals surface area (Å²) in [5, 5.41) is 30.6. The minimum absolute atomic E-state index is 0.0807. The van der Waals surface area contributed by atoms with Crippen LogP contribution in [0.5, 0.6) is 0 Å². The number of nitro groups is 2. The summed E-state index contributed by atoms with van der Waals surface area (Å²) in [5.41, 5.74) is 5.90. The number of aliphatic carboxylic acids is 1. The molecule has 1 N–H and O–H groups in total. The quantitative estimate of drug-likeness (QED) is 0.0542. The van der Waals surface area contributed by atoms with Crippen molar-refractivity contribution in [1.29, 1.82) is 0 Å². The zero-order valence-corrected chi connectivity index (χ0v) is 37.2. The standard InChI is InChI=1S/C14H21NO4.C13H18O2.C12H17NO4.C9H12O/c1-3-10-5-11-7-14(9-15(17)18,12(11)6-10)8-13(16)19-4-2;1-3-9-5-10-7-11(12(10)6-9)8-13(14)15-4-2;1-2-8-3-9-5-12(6-11(14)15,7-13(16)17)10(9)4-8;1-2-6-3-7-5-9(10)8(7)4-6/h6,11-12H,3-5,7-9H2,1-2H3;6,8,10,12H,3-5,7H2,1-2H3;4,9-10H,2-3,5-7H2,1H3,(H,14,15);4,7-8H,2-3,5H2,1H3/t11-,12-,14-;10-,12-;9-,10-,12-;7-,8-/m1111/s1. The van der Waals surface area contributed by atoms with E-state index in [0.29, 0.717) is 55.0 Å². The van der Waals surface area contributed by atoms with E-state index >= 15 is 0 Å². The van der Waals surface area contributed by atoms with E-state index in [4.69, 9.17) is 14.6 Å². The summed E-state index contributed by atoms with van der Waals surface area (Å²) in [4.78, 5) is 65.8. The van der Waals surface area contributed by atoms with Gasteiger partial charge in [0.15, 0.2) is 0 Å². The fourth-order valence-corrected chi connectivity index (χ4v) is 11.8. The Morgan fingerprint density at radius 3 is 1.52 bits per heavy atom. The van der Waals surface area contributed by atoms with Crippen LogP contribution in [0, 0.1) is 78.4 Å². The molecule has 0 amide bonds. The van der Waals surface area contributed by atoms with Crippen molar-refractivity contribution in [1.82, 2.24) is 0 Å². The molecule has 0 spiro atoms. The third-order valence-electron chi connectivity index (χ3n) is 14.9. The van der Waals surface area contributed by atoms with Crippen LogP contribution in [-0.2, 0) is 28.7 Å². The molecule has 0 aromatic heterocycles. The molecule has 0 bridgehead atoms. The van der Waals surface area contributed by atoms with Crippen LogP contribution in [0.3, 0.4) is 0 Å². The van der Waals surface area contributed by atoms with Crippen LogP contribution in [0.15, 0.2) is 58.2 Å². The Morgan fingerprint density at radius 1 is 0.656 bits per heavy atom. The van der Waals surface area contributed by atoms with Gasteiger partial charge in [0.1, 0.15) is 5.78 Å². The lowest BCUT2D eigenvalue weighted by Gasteiger charge is -2.49. The topological polar surface area (TPSA) is 193 Å². The van der Waals surface area contributed by atoms with Crippen LogP contribution >= 0.6 is 0 Å². The summed E-state index contributed by atoms with van der Waals surface area (Å²) in [6.45, 7) is 12.6. The van der Waals surface area contributed by atoms with Crippen molar-refractivity contribution in [2.45, 2.75) is 131 Å². The molecule has 0 radical (unpaired) electrons. The van der Waals surface area contributed by atoms with Gasteiger partial charge < -0.3 is 14.6 Å². The monoisotopic (exact) mass is 848 g/mol. The van der Waals surface area contributed by atoms with Crippen molar-refractivity contribution in [3.8, 4) is 0 Å². The zero-order chi connectivity index (χ0) is 44.6. The Morgan fingerprint density at radius 2 is 1.10 bits per heavy atom. The number of ketones is 1. The summed E-state index contributed by atoms with van der Waals surface area (Å²) in [6, 6.07) is 0. The van der Waals surface area contributed by atoms with Crippen LogP contribution in [0.25, 0.3) is 0 Å². The lowest BCUT2D eigenvalue weighted by Crippen LogP contribution is -2.51. The van der Waals surface area contributed by atoms with Crippen LogP contribution in [0.1, 0.15) is 131 Å². The van der Waals surface area contributed by atoms with E-state index < -0.39 is 16.8 Å². The molecule has 4 saturated carbocycles. The number of carboxylic acids is 1. The second kappa shape index (κ2) is 20.6. The molecule has 0 aromatic carbocycles. The number of hydrogen-bond acceptors (Lipinski definition) is 10. The Bertz CT molecular complexity index is 1840. The molecule has 8 rings (SSSR count). The molecule has 4 fully saturated rings. The average molecular weight is 849 g/mol. The van der Waals surface area contributed by atoms with Crippen molar-refractivity contribution in [2.24, 2.45) is 58.2 Å². The molecule has 10 atom stereocenters. The van der Waals surface area contributed by atoms with Crippen LogP contribution in [0.2, 0.25) is 0 Å². The molecule has 0 aromatic rings. The molecule has 0 unspecified atom stereocenters. The number of Topliss-reactive ketones (excluding diaryl/α,β-unsaturated/α-hetero) is 1. The van der Waals surface area contributed by atoms with Crippen molar-refractivity contribution in [2.75, 3.05) is 26.3 Å². The predicted molar refractivity (Wildman–Crippen MR) is 230 cm³/mol. The number of allylic oxidation sites excluding steroid dienone is 9. The van der Waals surface area contributed by atoms with Crippen molar-refractivity contribution in [3.63, 3.8) is 0 Å². The number of ether oxygens (including phenoxy) is 2. The molecule has 61 heavy (non-hydrogen) atoms. The molecule has 0 saturated heterocycles. The maximum Gasteiger partial charge on any atom is 0.330 e. The maximum absolute atomic E-state index is 11.7. The number of carboxylic acid groups (broad SMARTS) is 1. The van der Waals surface area contributed by atoms with E-state index in [1.807, 2.05) is 6.92 Å². The van der Waals surface area contributed by atoms with E-state index in [1.165, 1.54) is 35.1 Å². The molecule has 8 aliphatic carbocycles. The maximum atomic E-state index is 11.7. The second-order valence-corrected chi connectivity index (χ2v) is 18.7. The van der Waals surface area contributed by atoms with E-state index in [-0.39, 0.29) is 59.6 Å². The van der Waals surface area contributed by atoms with Gasteiger partial charge in [-0.2, -0.15) is 0 Å². The summed E-state index contributed by atoms with van der Waals surface area (Å²) in [5.74, 6) is 2.69. The second-order valence-electron chi connectivity index (χ2n) is 18.7. The van der Waals surface area contributed by atoms with Gasteiger partial charge in [0.25, 0.3) is 0 Å². The lowest BCUT2D eigenvalue weighted by molar-refractivity contribution is -0.506. The van der Waals surface area contributed by atoms with E-state index in [0.717, 1.165) is 63.7 Å². The van der Waals surface area contributed by atoms with Crippen molar-refractivity contribution >= 4 is 23.7 Å². The SMILES string of the molecule is CCC1=C[C@@H]2[C@H](C1)C[C@@]2(CC(=O)O)C[N+](=O)[O-].CCC1=C[C@H]2C(=O)C[C@H]2C1.CCOC(=O)C=C1C[C@H]2CC(CC)=C[C@@H]12.CCOC(=O)C[C@@]1(C[N+](=O)[O-])C[C@H]2CC(CC)=C[C@H]21. The Balaban J connectivity index is 0.000000157. The number of rotatable bonds is 15. The average Bonchev–Trinajstić information content (AvgIpc) is 3.93. The Labute approximate surface area is 360 Å². The number of fused-ring (bicyclic) bond motifs is 4. The van der Waals surface area contributed by atoms with Gasteiger partial charge in [-0.3, -0.25) is 34.6 Å². The minimum Gasteiger partial charge on any atom is -0.481 e. The van der Waals surface area contributed by atoms with Crippen LogP contribution < -0.4 is 0 Å². The molecule has 0 aliphatic heterocycles. The highest BCUT2D eigenvalue weighted by Crippen LogP contribution is 2.61. The van der Waals surface area contributed by atoms with Gasteiger partial charge in [-0.25, -0.2) is 4.79 Å². The third kappa shape index (κ3) is 11.2. The van der Waals surface area contributed by atoms with Crippen LogP contribution in [-0.4, -0.2) is 64.9 Å². The summed E-state index contributed by atoms with van der Waals surface area (Å²) < 4.78 is 9.89. The van der Waals surface area contributed by atoms with Gasteiger partial charge in [-0.1, -0.05) is 79.9 Å². The Hall–Kier alpha value is -4.42. The number of esters is 2. The first-order valence-electron chi connectivity index (χ1n) is 22.8. The highest BCUT2D eigenvalue weighted by molar-refractivity contribution is 5.90. The number of hydrogen-bond donors (Lipinski definition) is 1. The first kappa shape index (κ1) is 47.6. The van der Waals surface area contributed by atoms with Gasteiger partial charge in [0.2, 0.25) is 13.1 Å². The summed E-state index contributed by atoms with van der Waals surface area (Å²) in [7, 11) is 0. The first-order chi connectivity index (χ1) is 29.0. The zero-order valence-electron chi connectivity index (χ0n) is 37.2. The Kier molecular flexibility index (Phi) is 16.1. The fraction of sp³-hybridized carbons (Fsp3) is 0.708. The van der Waals surface area contributed by atoms with Gasteiger partial charge in [-0.05, 0) is 120 Å². The van der Waals surface area contributed by atoms with Crippen LogP contribution in [0.4, 0.5) is 0 Å². The predicted octanol–water partition coefficient (Wildman–Crippen LogP) is 9.46. The molecular weight excluding hydrogens is 781 g/mol. The number of nitrogens with zero attached hydrogens (tertiary/aromatic N) is 2. The van der Waals surface area contributed by atoms with Gasteiger partial charge >= 0.3 is 17.9 Å². The molecule has 0 heterocycles. The number of carbonyl (C=O) groups is 4. The molecule has 13 heteroatoms. The van der Waals surface area contributed by atoms with Gasteiger partial charge in [-0.15, -0.1) is 0 Å². The van der Waals surface area contributed by atoms with Gasteiger partial charge in [0, 0.05) is 34.2 Å². The third-order valence-corrected chi connectivity index (χ3v) is 14.9. The number of carbonyl (C=O) groups excluding carboxylic acids is 3. The largest absolute Gasteiger partial charge is 0.481 e. The highest BCUT2D eigenvalue weighted by atomic mass is 16.6. The van der Waals surface area contributed by atoms with E-state index in [2.05, 4.69) is 52.0 Å². The molecular formula is C48H68N2O11. The van der Waals surface area contributed by atoms with Crippen molar-refractivity contribution < 1.29 is 43.6 Å². The fourth-order valence-electron chi connectivity index (χ4n) is 11.8. The molecule has 13 nitrogen and oxygen atoms in total. The summed E-state index contributed by atoms with van der Waals surface area (Å²) >= 11 is 0.